The molecule has 5 atom stereocenters. The first-order valence-corrected chi connectivity index (χ1v) is 8.08. The van der Waals surface area contributed by atoms with E-state index in [9.17, 15) is 24.0 Å². The smallest absolute Gasteiger partial charge is 0.305 e. The Morgan fingerprint density at radius 2 is 1.30 bits per heavy atom. The van der Waals surface area contributed by atoms with Crippen LogP contribution in [0, 0.1) is 0 Å². The van der Waals surface area contributed by atoms with Crippen LogP contribution in [0.4, 0.5) is 0 Å². The summed E-state index contributed by atoms with van der Waals surface area (Å²) in [6, 6.07) is -1.16. The lowest BCUT2D eigenvalue weighted by Gasteiger charge is -2.44. The second-order valence-electron chi connectivity index (χ2n) is 5.83. The van der Waals surface area contributed by atoms with Crippen molar-refractivity contribution >= 4 is 29.8 Å². The van der Waals surface area contributed by atoms with E-state index in [2.05, 4.69) is 5.32 Å². The monoisotopic (exact) mass is 389 g/mol. The van der Waals surface area contributed by atoms with Crippen molar-refractivity contribution in [3.63, 3.8) is 0 Å². The first-order valence-electron chi connectivity index (χ1n) is 8.08. The molecule has 1 heterocycles. The maximum atomic E-state index is 11.6. The molecule has 1 saturated heterocycles. The summed E-state index contributed by atoms with van der Waals surface area (Å²) >= 11 is 0. The summed E-state index contributed by atoms with van der Waals surface area (Å²) < 4.78 is 25.9. The Balaban J connectivity index is 3.29. The molecule has 1 aliphatic rings. The van der Waals surface area contributed by atoms with Gasteiger partial charge in [0.1, 0.15) is 18.8 Å². The molecule has 27 heavy (non-hydrogen) atoms. The Morgan fingerprint density at radius 3 is 1.74 bits per heavy atom. The summed E-state index contributed by atoms with van der Waals surface area (Å²) in [6.45, 7) is 5.36. The molecule has 0 aromatic rings. The van der Waals surface area contributed by atoms with Gasteiger partial charge in [-0.05, 0) is 0 Å². The molecule has 1 N–H and O–H groups in total. The van der Waals surface area contributed by atoms with Gasteiger partial charge < -0.3 is 29.0 Å². The summed E-state index contributed by atoms with van der Waals surface area (Å²) in [4.78, 5) is 57.2. The van der Waals surface area contributed by atoms with Crippen LogP contribution < -0.4 is 5.32 Å². The van der Waals surface area contributed by atoms with E-state index in [0.29, 0.717) is 0 Å². The largest absolute Gasteiger partial charge is 0.463 e. The molecule has 0 bridgehead atoms. The van der Waals surface area contributed by atoms with E-state index in [1.807, 2.05) is 0 Å². The number of esters is 4. The van der Waals surface area contributed by atoms with Gasteiger partial charge >= 0.3 is 23.9 Å². The minimum Gasteiger partial charge on any atom is -0.463 e. The highest BCUT2D eigenvalue weighted by atomic mass is 16.7. The summed E-state index contributed by atoms with van der Waals surface area (Å²) in [5.74, 6) is -3.34. The molecule has 1 fully saturated rings. The van der Waals surface area contributed by atoms with Crippen LogP contribution in [-0.4, -0.2) is 67.0 Å². The van der Waals surface area contributed by atoms with Gasteiger partial charge in [0.2, 0.25) is 12.2 Å². The number of carbonyl (C=O) groups is 5. The quantitative estimate of drug-likeness (QED) is 0.453. The molecular formula is C16H23NO10. The van der Waals surface area contributed by atoms with Crippen molar-refractivity contribution in [2.24, 2.45) is 0 Å². The third-order valence-corrected chi connectivity index (χ3v) is 3.35. The lowest BCUT2D eigenvalue weighted by Crippen LogP contribution is -2.66. The molecule has 1 rings (SSSR count). The van der Waals surface area contributed by atoms with Crippen molar-refractivity contribution < 1.29 is 47.7 Å². The lowest BCUT2D eigenvalue weighted by atomic mass is 9.96. The van der Waals surface area contributed by atoms with Gasteiger partial charge in [-0.2, -0.15) is 0 Å². The Hall–Kier alpha value is -2.69. The van der Waals surface area contributed by atoms with Crippen LogP contribution in [-0.2, 0) is 47.7 Å². The topological polar surface area (TPSA) is 144 Å². The first kappa shape index (κ1) is 22.4. The number of carbonyl (C=O) groups excluding carboxylic acids is 5. The van der Waals surface area contributed by atoms with Gasteiger partial charge in [-0.3, -0.25) is 24.0 Å². The van der Waals surface area contributed by atoms with Crippen LogP contribution in [0.3, 0.4) is 0 Å². The van der Waals surface area contributed by atoms with Gasteiger partial charge in [-0.25, -0.2) is 0 Å². The molecule has 1 aliphatic heterocycles. The normalized spacial score (nSPS) is 27.1. The fraction of sp³-hybridized carbons (Fsp3) is 0.688. The predicted molar refractivity (Wildman–Crippen MR) is 85.8 cm³/mol. The van der Waals surface area contributed by atoms with Crippen LogP contribution in [0.5, 0.6) is 0 Å². The Kier molecular flexibility index (Phi) is 8.16. The van der Waals surface area contributed by atoms with Crippen LogP contribution in [0.15, 0.2) is 0 Å². The maximum absolute atomic E-state index is 11.6. The van der Waals surface area contributed by atoms with E-state index >= 15 is 0 Å². The van der Waals surface area contributed by atoms with Crippen molar-refractivity contribution in [1.82, 2.24) is 5.32 Å². The van der Waals surface area contributed by atoms with E-state index in [1.165, 1.54) is 6.92 Å². The Bertz CT molecular complexity index is 604. The van der Waals surface area contributed by atoms with Crippen LogP contribution in [0.1, 0.15) is 34.6 Å². The Labute approximate surface area is 155 Å². The highest BCUT2D eigenvalue weighted by Gasteiger charge is 2.52. The summed E-state index contributed by atoms with van der Waals surface area (Å²) in [6.07, 6.45) is -4.97. The molecule has 1 amide bonds. The summed E-state index contributed by atoms with van der Waals surface area (Å²) in [5.41, 5.74) is 0. The van der Waals surface area contributed by atoms with Crippen LogP contribution in [0.25, 0.3) is 0 Å². The lowest BCUT2D eigenvalue weighted by molar-refractivity contribution is -0.270. The van der Waals surface area contributed by atoms with Crippen molar-refractivity contribution in [2.75, 3.05) is 6.61 Å². The van der Waals surface area contributed by atoms with Gasteiger partial charge in [-0.1, -0.05) is 0 Å². The second kappa shape index (κ2) is 9.86. The van der Waals surface area contributed by atoms with Crippen LogP contribution in [0.2, 0.25) is 0 Å². The highest BCUT2D eigenvalue weighted by molar-refractivity contribution is 5.74. The average Bonchev–Trinajstić information content (AvgIpc) is 2.49. The predicted octanol–water partition coefficient (Wildman–Crippen LogP) is -0.794. The molecule has 0 aromatic carbocycles. The fourth-order valence-corrected chi connectivity index (χ4v) is 2.55. The number of hydrogen-bond acceptors (Lipinski definition) is 10. The van der Waals surface area contributed by atoms with Crippen molar-refractivity contribution in [1.29, 1.82) is 0 Å². The SMILES string of the molecule is CC(=O)N[C@@H]1C(OC(C)=O)OC(COC(C)=O)C(OC(C)=O)C1OC(C)=O. The zero-order chi connectivity index (χ0) is 20.7. The summed E-state index contributed by atoms with van der Waals surface area (Å²) in [5, 5.41) is 2.46. The number of ether oxygens (including phenoxy) is 5. The second-order valence-corrected chi connectivity index (χ2v) is 5.83. The molecule has 0 spiro atoms. The van der Waals surface area contributed by atoms with Gasteiger partial charge in [0.05, 0.1) is 0 Å². The molecule has 11 nitrogen and oxygen atoms in total. The van der Waals surface area contributed by atoms with E-state index in [0.717, 1.165) is 27.7 Å². The zero-order valence-corrected chi connectivity index (χ0v) is 15.7. The number of nitrogens with one attached hydrogen (secondary N) is 1. The molecule has 0 radical (unpaired) electrons. The van der Waals surface area contributed by atoms with Gasteiger partial charge in [0, 0.05) is 34.6 Å². The highest BCUT2D eigenvalue weighted by Crippen LogP contribution is 2.28. The molecule has 0 saturated carbocycles. The minimum atomic E-state index is -1.37. The summed E-state index contributed by atoms with van der Waals surface area (Å²) in [7, 11) is 0. The molecule has 0 aromatic heterocycles. The van der Waals surface area contributed by atoms with Gasteiger partial charge in [0.25, 0.3) is 0 Å². The molecular weight excluding hydrogens is 366 g/mol. The molecule has 152 valence electrons. The van der Waals surface area contributed by atoms with E-state index in [-0.39, 0.29) is 6.61 Å². The standard InChI is InChI=1S/C16H23NO10/c1-7(18)17-13-15(25-10(4)21)14(24-9(3)20)12(6-23-8(2)19)27-16(13)26-11(5)22/h12-16H,6H2,1-5H3,(H,17,18)/t12?,13-,14?,15?,16?/m0/s1. The fourth-order valence-electron chi connectivity index (χ4n) is 2.55. The number of amides is 1. The molecule has 11 heteroatoms. The average molecular weight is 389 g/mol. The Morgan fingerprint density at radius 1 is 0.778 bits per heavy atom. The van der Waals surface area contributed by atoms with E-state index in [1.54, 1.807) is 0 Å². The van der Waals surface area contributed by atoms with Crippen molar-refractivity contribution in [3.05, 3.63) is 0 Å². The molecule has 0 aliphatic carbocycles. The molecule has 4 unspecified atom stereocenters. The van der Waals surface area contributed by atoms with Gasteiger partial charge in [0.15, 0.2) is 12.2 Å². The maximum Gasteiger partial charge on any atom is 0.305 e. The van der Waals surface area contributed by atoms with E-state index in [4.69, 9.17) is 23.7 Å². The first-order chi connectivity index (χ1) is 12.5. The van der Waals surface area contributed by atoms with Crippen LogP contribution >= 0.6 is 0 Å². The third-order valence-electron chi connectivity index (χ3n) is 3.35. The number of rotatable bonds is 6. The zero-order valence-electron chi connectivity index (χ0n) is 15.7. The van der Waals surface area contributed by atoms with Crippen molar-refractivity contribution in [2.45, 2.75) is 65.3 Å². The van der Waals surface area contributed by atoms with Gasteiger partial charge in [-0.15, -0.1) is 0 Å². The van der Waals surface area contributed by atoms with E-state index < -0.39 is 60.4 Å². The minimum absolute atomic E-state index is 0.365. The van der Waals surface area contributed by atoms with Crippen molar-refractivity contribution in [3.8, 4) is 0 Å². The third kappa shape index (κ3) is 7.21. The number of hydrogen-bond donors (Lipinski definition) is 1.